The number of hydrogen-bond donors (Lipinski definition) is 1. The van der Waals surface area contributed by atoms with Crippen LogP contribution in [0.5, 0.6) is 23.0 Å². The number of fused-ring (bicyclic) bond motifs is 4. The van der Waals surface area contributed by atoms with Crippen molar-refractivity contribution in [2.24, 2.45) is 0 Å². The number of nitrogens with zero attached hydrogens (tertiary/aromatic N) is 1. The van der Waals surface area contributed by atoms with Crippen LogP contribution >= 0.6 is 0 Å². The lowest BCUT2D eigenvalue weighted by Gasteiger charge is -2.41. The third kappa shape index (κ3) is 4.72. The number of phenols is 1. The molecule has 1 unspecified atom stereocenters. The molecule has 0 bridgehead atoms. The Morgan fingerprint density at radius 3 is 2.34 bits per heavy atom. The molecular weight excluding hydrogens is 466 g/mol. The molecule has 1 N–H and O–H groups in total. The third-order valence-corrected chi connectivity index (χ3v) is 7.50. The van der Waals surface area contributed by atoms with E-state index >= 15 is 0 Å². The maximum absolute atomic E-state index is 12.5. The molecule has 3 aromatic carbocycles. The molecule has 0 aromatic heterocycles. The van der Waals surface area contributed by atoms with E-state index in [2.05, 4.69) is 4.90 Å². The fraction of sp³-hybridized carbons (Fsp3) is 0.259. The summed E-state index contributed by atoms with van der Waals surface area (Å²) in [4.78, 5) is 2.37. The van der Waals surface area contributed by atoms with Gasteiger partial charge in [0, 0.05) is 19.1 Å². The molecule has 0 aliphatic carbocycles. The summed E-state index contributed by atoms with van der Waals surface area (Å²) in [6, 6.07) is 16.5. The molecule has 0 radical (unpaired) electrons. The second-order valence-electron chi connectivity index (χ2n) is 8.72. The summed E-state index contributed by atoms with van der Waals surface area (Å²) in [5.74, 6) is 1.15. The van der Waals surface area contributed by atoms with E-state index in [0.29, 0.717) is 11.5 Å². The number of benzene rings is 3. The molecular formula is C27H27NO6S. The van der Waals surface area contributed by atoms with Crippen molar-refractivity contribution < 1.29 is 27.2 Å². The van der Waals surface area contributed by atoms with Gasteiger partial charge in [0.05, 0.1) is 19.6 Å². The topological polar surface area (TPSA) is 85.3 Å². The van der Waals surface area contributed by atoms with E-state index in [9.17, 15) is 13.5 Å². The standard InChI is InChI=1S/C27H27NO6S/c1-32-26-14-20-12-23-22-16-24(29)25(34-35(30,31)11-9-18-6-4-3-5-7-18)13-19(22)8-10-28(23)17-21(20)15-27(26)33-2/h3-7,9,11,13-16,23,29H,8,10,12,17H2,1-2H3/b11-9+. The first kappa shape index (κ1) is 23.3. The van der Waals surface area contributed by atoms with Gasteiger partial charge in [0.2, 0.25) is 0 Å². The van der Waals surface area contributed by atoms with Gasteiger partial charge >= 0.3 is 10.1 Å². The van der Waals surface area contributed by atoms with Crippen LogP contribution in [0.2, 0.25) is 0 Å². The lowest BCUT2D eigenvalue weighted by molar-refractivity contribution is 0.160. The normalized spacial score (nSPS) is 17.4. The predicted octanol–water partition coefficient (Wildman–Crippen LogP) is 4.44. The molecule has 0 saturated heterocycles. The molecule has 8 heteroatoms. The zero-order chi connectivity index (χ0) is 24.6. The van der Waals surface area contributed by atoms with Crippen LogP contribution in [-0.2, 0) is 29.5 Å². The fourth-order valence-corrected chi connectivity index (χ4v) is 5.63. The molecule has 2 heterocycles. The highest BCUT2D eigenvalue weighted by Gasteiger charge is 2.34. The molecule has 0 saturated carbocycles. The summed E-state index contributed by atoms with van der Waals surface area (Å²) in [6.45, 7) is 1.58. The number of hydrogen-bond acceptors (Lipinski definition) is 7. The first-order valence-corrected chi connectivity index (χ1v) is 12.8. The molecule has 2 aliphatic heterocycles. The third-order valence-electron chi connectivity index (χ3n) is 6.61. The molecule has 7 nitrogen and oxygen atoms in total. The van der Waals surface area contributed by atoms with Crippen LogP contribution in [0.4, 0.5) is 0 Å². The Labute approximate surface area is 205 Å². The van der Waals surface area contributed by atoms with Gasteiger partial charge in [0.1, 0.15) is 0 Å². The van der Waals surface area contributed by atoms with Crippen molar-refractivity contribution in [3.05, 3.63) is 87.8 Å². The number of phenolic OH excluding ortho intramolecular Hbond substituents is 1. The van der Waals surface area contributed by atoms with E-state index in [-0.39, 0.29) is 17.5 Å². The van der Waals surface area contributed by atoms with Gasteiger partial charge in [-0.2, -0.15) is 8.42 Å². The fourth-order valence-electron chi connectivity index (χ4n) is 4.87. The minimum atomic E-state index is -4.04. The summed E-state index contributed by atoms with van der Waals surface area (Å²) in [5, 5.41) is 11.7. The molecule has 5 rings (SSSR count). The van der Waals surface area contributed by atoms with Crippen molar-refractivity contribution in [1.29, 1.82) is 0 Å². The van der Waals surface area contributed by atoms with Crippen molar-refractivity contribution in [2.45, 2.75) is 25.4 Å². The molecule has 35 heavy (non-hydrogen) atoms. The van der Waals surface area contributed by atoms with Gasteiger partial charge in [-0.25, -0.2) is 0 Å². The maximum Gasteiger partial charge on any atom is 0.332 e. The highest BCUT2D eigenvalue weighted by atomic mass is 32.2. The van der Waals surface area contributed by atoms with E-state index in [4.69, 9.17) is 13.7 Å². The van der Waals surface area contributed by atoms with Crippen molar-refractivity contribution >= 4 is 16.2 Å². The molecule has 182 valence electrons. The first-order chi connectivity index (χ1) is 16.9. The van der Waals surface area contributed by atoms with Crippen LogP contribution in [0.1, 0.15) is 33.9 Å². The lowest BCUT2D eigenvalue weighted by atomic mass is 9.83. The van der Waals surface area contributed by atoms with Gasteiger partial charge in [-0.15, -0.1) is 0 Å². The Morgan fingerprint density at radius 1 is 0.943 bits per heavy atom. The van der Waals surface area contributed by atoms with Crippen LogP contribution in [0.25, 0.3) is 6.08 Å². The van der Waals surface area contributed by atoms with E-state index in [0.717, 1.165) is 48.0 Å². The van der Waals surface area contributed by atoms with Gasteiger partial charge in [-0.05, 0) is 71.0 Å². The molecule has 2 aliphatic rings. The smallest absolute Gasteiger partial charge is 0.332 e. The first-order valence-electron chi connectivity index (χ1n) is 11.4. The average Bonchev–Trinajstić information content (AvgIpc) is 2.86. The summed E-state index contributed by atoms with van der Waals surface area (Å²) in [6.07, 6.45) is 2.94. The van der Waals surface area contributed by atoms with Crippen molar-refractivity contribution in [3.63, 3.8) is 0 Å². The van der Waals surface area contributed by atoms with E-state index in [1.54, 1.807) is 38.5 Å². The van der Waals surface area contributed by atoms with Crippen LogP contribution in [0.15, 0.2) is 60.0 Å². The number of methoxy groups -OCH3 is 2. The van der Waals surface area contributed by atoms with Crippen molar-refractivity contribution in [2.75, 3.05) is 20.8 Å². The van der Waals surface area contributed by atoms with Crippen LogP contribution in [0.3, 0.4) is 0 Å². The van der Waals surface area contributed by atoms with Crippen molar-refractivity contribution in [3.8, 4) is 23.0 Å². The minimum absolute atomic E-state index is 0.0578. The summed E-state index contributed by atoms with van der Waals surface area (Å²) < 4.78 is 41.2. The molecule has 1 atom stereocenters. The minimum Gasteiger partial charge on any atom is -0.504 e. The molecule has 3 aromatic rings. The number of aromatic hydroxyl groups is 1. The lowest BCUT2D eigenvalue weighted by Crippen LogP contribution is -2.39. The Kier molecular flexibility index (Phi) is 6.17. The van der Waals surface area contributed by atoms with Crippen LogP contribution in [-0.4, -0.2) is 39.2 Å². The van der Waals surface area contributed by atoms with Gasteiger partial charge in [0.15, 0.2) is 23.0 Å². The molecule has 0 fully saturated rings. The molecule has 0 amide bonds. The highest BCUT2D eigenvalue weighted by molar-refractivity contribution is 7.90. The average molecular weight is 494 g/mol. The number of ether oxygens (including phenoxy) is 2. The zero-order valence-electron chi connectivity index (χ0n) is 19.6. The van der Waals surface area contributed by atoms with Crippen LogP contribution < -0.4 is 13.7 Å². The maximum atomic E-state index is 12.5. The largest absolute Gasteiger partial charge is 0.504 e. The van der Waals surface area contributed by atoms with Gasteiger partial charge < -0.3 is 18.8 Å². The summed E-state index contributed by atoms with van der Waals surface area (Å²) in [5.41, 5.74) is 5.07. The Bertz CT molecular complexity index is 1380. The Morgan fingerprint density at radius 2 is 1.63 bits per heavy atom. The number of rotatable bonds is 6. The Balaban J connectivity index is 1.41. The summed E-state index contributed by atoms with van der Waals surface area (Å²) in [7, 11) is -0.781. The SMILES string of the molecule is COc1cc2c(cc1OC)CN1CCc3cc(OS(=O)(=O)/C=C/c4ccccc4)c(O)cc3C1C2. The quantitative estimate of drug-likeness (QED) is 0.508. The summed E-state index contributed by atoms with van der Waals surface area (Å²) >= 11 is 0. The second-order valence-corrected chi connectivity index (χ2v) is 10.1. The monoisotopic (exact) mass is 493 g/mol. The van der Waals surface area contributed by atoms with E-state index < -0.39 is 10.1 Å². The van der Waals surface area contributed by atoms with E-state index in [1.807, 2.05) is 30.3 Å². The van der Waals surface area contributed by atoms with Gasteiger partial charge in [-0.1, -0.05) is 30.3 Å². The second kappa shape index (κ2) is 9.28. The van der Waals surface area contributed by atoms with Gasteiger partial charge in [0.25, 0.3) is 0 Å². The van der Waals surface area contributed by atoms with Crippen LogP contribution in [0, 0.1) is 0 Å². The highest BCUT2D eigenvalue weighted by Crippen LogP contribution is 2.44. The van der Waals surface area contributed by atoms with Gasteiger partial charge in [-0.3, -0.25) is 4.90 Å². The Hall–Kier alpha value is -3.49. The molecule has 0 spiro atoms. The van der Waals surface area contributed by atoms with E-state index in [1.165, 1.54) is 17.2 Å². The zero-order valence-corrected chi connectivity index (χ0v) is 20.4. The predicted molar refractivity (Wildman–Crippen MR) is 133 cm³/mol. The van der Waals surface area contributed by atoms with Crippen molar-refractivity contribution in [1.82, 2.24) is 4.90 Å².